The van der Waals surface area contributed by atoms with E-state index >= 15 is 0 Å². The maximum absolute atomic E-state index is 11.2. The highest BCUT2D eigenvalue weighted by atomic mass is 35.5. The predicted octanol–water partition coefficient (Wildman–Crippen LogP) is 0.814. The van der Waals surface area contributed by atoms with Crippen LogP contribution in [0.15, 0.2) is 0 Å². The Morgan fingerprint density at radius 1 is 1.42 bits per heavy atom. The molecule has 0 amide bonds. The van der Waals surface area contributed by atoms with E-state index in [2.05, 4.69) is 9.97 Å². The number of carboxylic acids is 1. The molecule has 2 aliphatic rings. The summed E-state index contributed by atoms with van der Waals surface area (Å²) in [5.74, 6) is -0.564. The van der Waals surface area contributed by atoms with Crippen molar-refractivity contribution in [1.29, 1.82) is 0 Å². The number of ether oxygens (including phenoxy) is 2. The summed E-state index contributed by atoms with van der Waals surface area (Å²) in [5.41, 5.74) is -0.202. The lowest BCUT2D eigenvalue weighted by molar-refractivity contribution is 0.0475. The number of aromatic nitrogens is 2. The van der Waals surface area contributed by atoms with Gasteiger partial charge in [-0.2, -0.15) is 4.98 Å². The molecule has 1 aromatic rings. The first-order valence-corrected chi connectivity index (χ1v) is 6.25. The minimum atomic E-state index is -1.18. The molecule has 0 aromatic carbocycles. The van der Waals surface area contributed by atoms with Gasteiger partial charge in [0.05, 0.1) is 25.3 Å². The van der Waals surface area contributed by atoms with Crippen molar-refractivity contribution in [2.75, 3.05) is 24.7 Å². The van der Waals surface area contributed by atoms with Gasteiger partial charge < -0.3 is 19.5 Å². The molecule has 1 saturated heterocycles. The SMILES string of the molecule is C[C@H]1COC[C@@H]2COc3c(C(=O)O)nc(Cl)nc3N21. The first kappa shape index (κ1) is 12.4. The normalized spacial score (nSPS) is 25.3. The second-order valence-electron chi connectivity index (χ2n) is 4.56. The fourth-order valence-corrected chi connectivity index (χ4v) is 2.61. The maximum atomic E-state index is 11.2. The average Bonchev–Trinajstić information content (AvgIpc) is 2.37. The summed E-state index contributed by atoms with van der Waals surface area (Å²) in [7, 11) is 0. The summed E-state index contributed by atoms with van der Waals surface area (Å²) in [6.45, 7) is 3.41. The third-order valence-corrected chi connectivity index (χ3v) is 3.39. The summed E-state index contributed by atoms with van der Waals surface area (Å²) in [4.78, 5) is 21.0. The molecule has 1 N–H and O–H groups in total. The van der Waals surface area contributed by atoms with Crippen LogP contribution in [0.2, 0.25) is 5.28 Å². The van der Waals surface area contributed by atoms with Crippen LogP contribution >= 0.6 is 11.6 Å². The van der Waals surface area contributed by atoms with Crippen molar-refractivity contribution in [2.45, 2.75) is 19.0 Å². The van der Waals surface area contributed by atoms with E-state index in [0.29, 0.717) is 25.6 Å². The van der Waals surface area contributed by atoms with E-state index in [1.807, 2.05) is 11.8 Å². The Bertz CT molecular complexity index is 539. The van der Waals surface area contributed by atoms with Gasteiger partial charge in [-0.05, 0) is 18.5 Å². The van der Waals surface area contributed by atoms with Crippen molar-refractivity contribution in [2.24, 2.45) is 0 Å². The Kier molecular flexibility index (Phi) is 2.94. The molecule has 7 nitrogen and oxygen atoms in total. The van der Waals surface area contributed by atoms with E-state index in [0.717, 1.165) is 0 Å². The number of hydrogen-bond acceptors (Lipinski definition) is 6. The van der Waals surface area contributed by atoms with Crippen molar-refractivity contribution in [1.82, 2.24) is 9.97 Å². The monoisotopic (exact) mass is 285 g/mol. The molecule has 0 bridgehead atoms. The van der Waals surface area contributed by atoms with Crippen LogP contribution in [0.3, 0.4) is 0 Å². The summed E-state index contributed by atoms with van der Waals surface area (Å²) in [6.07, 6.45) is 0. The van der Waals surface area contributed by atoms with Crippen LogP contribution in [-0.2, 0) is 4.74 Å². The van der Waals surface area contributed by atoms with Crippen molar-refractivity contribution in [3.05, 3.63) is 11.0 Å². The Balaban J connectivity index is 2.13. The van der Waals surface area contributed by atoms with Gasteiger partial charge in [0.2, 0.25) is 5.28 Å². The highest BCUT2D eigenvalue weighted by Crippen LogP contribution is 2.37. The first-order valence-electron chi connectivity index (χ1n) is 5.87. The standard InChI is InChI=1S/C11H12ClN3O4/c1-5-2-18-3-6-4-19-8-7(10(16)17)13-11(12)14-9(8)15(5)6/h5-6H,2-4H2,1H3,(H,16,17)/t5-,6+/m0/s1. The summed E-state index contributed by atoms with van der Waals surface area (Å²) in [5, 5.41) is 9.06. The van der Waals surface area contributed by atoms with Crippen molar-refractivity contribution in [3.8, 4) is 5.75 Å². The molecule has 0 spiro atoms. The maximum Gasteiger partial charge on any atom is 0.358 e. The number of aromatic carboxylic acids is 1. The van der Waals surface area contributed by atoms with Gasteiger partial charge in [-0.25, -0.2) is 9.78 Å². The first-order chi connectivity index (χ1) is 9.08. The highest BCUT2D eigenvalue weighted by molar-refractivity contribution is 6.28. The van der Waals surface area contributed by atoms with Gasteiger partial charge in [0.1, 0.15) is 6.61 Å². The average molecular weight is 286 g/mol. The zero-order valence-electron chi connectivity index (χ0n) is 10.2. The molecular weight excluding hydrogens is 274 g/mol. The molecule has 8 heteroatoms. The zero-order chi connectivity index (χ0) is 13.6. The molecule has 0 radical (unpaired) electrons. The number of halogens is 1. The van der Waals surface area contributed by atoms with Gasteiger partial charge in [-0.15, -0.1) is 0 Å². The lowest BCUT2D eigenvalue weighted by atomic mass is 10.1. The lowest BCUT2D eigenvalue weighted by Crippen LogP contribution is -2.56. The van der Waals surface area contributed by atoms with Gasteiger partial charge in [-0.3, -0.25) is 0 Å². The van der Waals surface area contributed by atoms with Crippen LogP contribution in [0.4, 0.5) is 5.82 Å². The van der Waals surface area contributed by atoms with E-state index in [-0.39, 0.29) is 28.8 Å². The van der Waals surface area contributed by atoms with Crippen LogP contribution in [-0.4, -0.2) is 52.9 Å². The topological polar surface area (TPSA) is 84.8 Å². The molecule has 2 aliphatic heterocycles. The van der Waals surface area contributed by atoms with Crippen LogP contribution in [0, 0.1) is 0 Å². The Hall–Kier alpha value is -1.60. The fourth-order valence-electron chi connectivity index (χ4n) is 2.45. The molecule has 102 valence electrons. The number of morpholine rings is 1. The Morgan fingerprint density at radius 2 is 2.21 bits per heavy atom. The number of rotatable bonds is 1. The van der Waals surface area contributed by atoms with Crippen LogP contribution in [0.5, 0.6) is 5.75 Å². The van der Waals surface area contributed by atoms with E-state index in [1.54, 1.807) is 0 Å². The van der Waals surface area contributed by atoms with Gasteiger partial charge >= 0.3 is 5.97 Å². The predicted molar refractivity (Wildman–Crippen MR) is 66.0 cm³/mol. The molecule has 2 atom stereocenters. The molecule has 0 aliphatic carbocycles. The lowest BCUT2D eigenvalue weighted by Gasteiger charge is -2.44. The van der Waals surface area contributed by atoms with E-state index in [9.17, 15) is 4.79 Å². The van der Waals surface area contributed by atoms with E-state index in [1.165, 1.54) is 0 Å². The van der Waals surface area contributed by atoms with Crippen molar-refractivity contribution >= 4 is 23.4 Å². The molecule has 1 aromatic heterocycles. The molecule has 19 heavy (non-hydrogen) atoms. The third-order valence-electron chi connectivity index (χ3n) is 3.23. The van der Waals surface area contributed by atoms with Gasteiger partial charge in [0.25, 0.3) is 0 Å². The van der Waals surface area contributed by atoms with Crippen LogP contribution < -0.4 is 9.64 Å². The highest BCUT2D eigenvalue weighted by Gasteiger charge is 2.38. The summed E-state index contributed by atoms with van der Waals surface area (Å²) >= 11 is 5.81. The van der Waals surface area contributed by atoms with Crippen LogP contribution in [0.1, 0.15) is 17.4 Å². The summed E-state index contributed by atoms with van der Waals surface area (Å²) in [6, 6.07) is 0.0953. The van der Waals surface area contributed by atoms with E-state index in [4.69, 9.17) is 26.2 Å². The molecule has 1 fully saturated rings. The molecule has 0 saturated carbocycles. The smallest absolute Gasteiger partial charge is 0.358 e. The zero-order valence-corrected chi connectivity index (χ0v) is 10.9. The fraction of sp³-hybridized carbons (Fsp3) is 0.545. The summed E-state index contributed by atoms with van der Waals surface area (Å²) < 4.78 is 11.0. The second kappa shape index (κ2) is 4.50. The van der Waals surface area contributed by atoms with Gasteiger partial charge in [-0.1, -0.05) is 0 Å². The molecule has 0 unspecified atom stereocenters. The minimum Gasteiger partial charge on any atom is -0.485 e. The number of anilines is 1. The molecule has 3 heterocycles. The molecule has 3 rings (SSSR count). The quantitative estimate of drug-likeness (QED) is 0.764. The number of carbonyl (C=O) groups is 1. The van der Waals surface area contributed by atoms with Crippen LogP contribution in [0.25, 0.3) is 0 Å². The number of fused-ring (bicyclic) bond motifs is 3. The third kappa shape index (κ3) is 1.98. The second-order valence-corrected chi connectivity index (χ2v) is 4.90. The van der Waals surface area contributed by atoms with Crippen molar-refractivity contribution < 1.29 is 19.4 Å². The van der Waals surface area contributed by atoms with Crippen molar-refractivity contribution in [3.63, 3.8) is 0 Å². The van der Waals surface area contributed by atoms with E-state index < -0.39 is 5.97 Å². The van der Waals surface area contributed by atoms with Gasteiger partial charge in [0, 0.05) is 0 Å². The number of hydrogen-bond donors (Lipinski definition) is 1. The Labute approximate surface area is 114 Å². The molecular formula is C11H12ClN3O4. The minimum absolute atomic E-state index is 0.0175. The van der Waals surface area contributed by atoms with Gasteiger partial charge in [0.15, 0.2) is 17.3 Å². The number of nitrogens with zero attached hydrogens (tertiary/aromatic N) is 3. The number of carboxylic acid groups (broad SMARTS) is 1. The Morgan fingerprint density at radius 3 is 2.95 bits per heavy atom. The largest absolute Gasteiger partial charge is 0.485 e.